The molecule has 6 heteroatoms. The van der Waals surface area contributed by atoms with Crippen molar-refractivity contribution in [2.75, 3.05) is 6.61 Å². The molecule has 106 valence electrons. The summed E-state index contributed by atoms with van der Waals surface area (Å²) in [5.41, 5.74) is 0.462. The minimum atomic E-state index is -0.639. The van der Waals surface area contributed by atoms with Crippen LogP contribution in [0.4, 0.5) is 4.39 Å². The molecule has 4 nitrogen and oxygen atoms in total. The molecule has 0 atom stereocenters. The van der Waals surface area contributed by atoms with Crippen molar-refractivity contribution in [3.05, 3.63) is 58.9 Å². The minimum Gasteiger partial charge on any atom is -0.480 e. The first-order chi connectivity index (χ1) is 10.1. The maximum atomic E-state index is 12.8. The highest BCUT2D eigenvalue weighted by atomic mass is 35.5. The average molecular weight is 306 g/mol. The van der Waals surface area contributed by atoms with E-state index < -0.39 is 11.8 Å². The summed E-state index contributed by atoms with van der Waals surface area (Å²) >= 11 is 5.76. The van der Waals surface area contributed by atoms with Crippen LogP contribution in [0.3, 0.4) is 0 Å². The van der Waals surface area contributed by atoms with Crippen LogP contribution in [-0.2, 0) is 4.79 Å². The third kappa shape index (κ3) is 4.20. The van der Waals surface area contributed by atoms with Gasteiger partial charge in [0.1, 0.15) is 17.3 Å². The summed E-state index contributed by atoms with van der Waals surface area (Å²) in [5.74, 6) is -0.643. The van der Waals surface area contributed by atoms with E-state index in [1.165, 1.54) is 36.4 Å². The van der Waals surface area contributed by atoms with Crippen molar-refractivity contribution in [3.63, 3.8) is 0 Å². The van der Waals surface area contributed by atoms with Crippen LogP contribution in [0.1, 0.15) is 5.56 Å². The first kappa shape index (κ1) is 14.8. The lowest BCUT2D eigenvalue weighted by Gasteiger charge is -2.08. The van der Waals surface area contributed by atoms with Gasteiger partial charge in [-0.25, -0.2) is 9.18 Å². The van der Waals surface area contributed by atoms with E-state index >= 15 is 0 Å². The van der Waals surface area contributed by atoms with E-state index in [0.717, 1.165) is 6.07 Å². The lowest BCUT2D eigenvalue weighted by molar-refractivity contribution is -0.136. The van der Waals surface area contributed by atoms with Gasteiger partial charge in [0.05, 0.1) is 16.7 Å². The molecule has 2 aromatic rings. The molecule has 0 aromatic heterocycles. The molecule has 0 bridgehead atoms. The summed E-state index contributed by atoms with van der Waals surface area (Å²) in [6, 6.07) is 11.6. The van der Waals surface area contributed by atoms with Crippen LogP contribution in [0.15, 0.2) is 42.5 Å². The van der Waals surface area contributed by atoms with E-state index in [0.29, 0.717) is 11.3 Å². The van der Waals surface area contributed by atoms with Gasteiger partial charge in [-0.15, -0.1) is 0 Å². The molecule has 0 radical (unpaired) electrons. The second-order valence-corrected chi connectivity index (χ2v) is 4.38. The molecular weight excluding hydrogens is 297 g/mol. The fourth-order valence-electron chi connectivity index (χ4n) is 1.49. The molecule has 0 saturated carbocycles. The number of halogens is 2. The topological polar surface area (TPSA) is 59.3 Å². The Morgan fingerprint density at radius 3 is 2.57 bits per heavy atom. The predicted molar refractivity (Wildman–Crippen MR) is 73.7 cm³/mol. The van der Waals surface area contributed by atoms with Crippen molar-refractivity contribution in [2.45, 2.75) is 0 Å². The van der Waals surface area contributed by atoms with E-state index in [9.17, 15) is 9.18 Å². The van der Waals surface area contributed by atoms with Crippen molar-refractivity contribution in [1.82, 2.24) is 0 Å². The van der Waals surface area contributed by atoms with Gasteiger partial charge in [-0.3, -0.25) is 0 Å². The molecule has 0 saturated heterocycles. The fraction of sp³-hybridized carbons (Fsp3) is 0.0667. The van der Waals surface area contributed by atoms with E-state index in [4.69, 9.17) is 26.3 Å². The monoisotopic (exact) mass is 305 g/mol. The number of nitriles is 1. The maximum Gasteiger partial charge on any atom is 0.349 e. The molecule has 0 spiro atoms. The Balaban J connectivity index is 1.91. The number of benzene rings is 2. The second-order valence-electron chi connectivity index (χ2n) is 3.97. The molecule has 0 unspecified atom stereocenters. The zero-order valence-corrected chi connectivity index (χ0v) is 11.4. The molecule has 0 N–H and O–H groups in total. The molecule has 0 heterocycles. The molecule has 2 rings (SSSR count). The highest BCUT2D eigenvalue weighted by molar-refractivity contribution is 6.32. The summed E-state index contributed by atoms with van der Waals surface area (Å²) in [4.78, 5) is 11.6. The van der Waals surface area contributed by atoms with Crippen LogP contribution in [-0.4, -0.2) is 12.6 Å². The van der Waals surface area contributed by atoms with Crippen molar-refractivity contribution in [3.8, 4) is 17.6 Å². The lowest BCUT2D eigenvalue weighted by Crippen LogP contribution is -2.17. The molecule has 0 amide bonds. The standard InChI is InChI=1S/C15H9ClFNO3/c16-13-7-11(17)3-6-14(13)20-9-15(19)21-12-4-1-10(8-18)2-5-12/h1-7H,9H2. The van der Waals surface area contributed by atoms with Crippen LogP contribution in [0.5, 0.6) is 11.5 Å². The van der Waals surface area contributed by atoms with E-state index in [1.54, 1.807) is 0 Å². The van der Waals surface area contributed by atoms with Crippen LogP contribution in [0.25, 0.3) is 0 Å². The van der Waals surface area contributed by atoms with Gasteiger partial charge in [0.15, 0.2) is 6.61 Å². The van der Waals surface area contributed by atoms with Gasteiger partial charge < -0.3 is 9.47 Å². The predicted octanol–water partition coefficient (Wildman–Crippen LogP) is 3.34. The normalized spacial score (nSPS) is 9.76. The van der Waals surface area contributed by atoms with Crippen LogP contribution >= 0.6 is 11.6 Å². The van der Waals surface area contributed by atoms with Gasteiger partial charge in [0, 0.05) is 0 Å². The van der Waals surface area contributed by atoms with Crippen LogP contribution < -0.4 is 9.47 Å². The zero-order valence-electron chi connectivity index (χ0n) is 10.7. The largest absolute Gasteiger partial charge is 0.480 e. The Morgan fingerprint density at radius 1 is 1.24 bits per heavy atom. The van der Waals surface area contributed by atoms with Crippen molar-refractivity contribution >= 4 is 17.6 Å². The SMILES string of the molecule is N#Cc1ccc(OC(=O)COc2ccc(F)cc2Cl)cc1. The lowest BCUT2D eigenvalue weighted by atomic mass is 10.2. The third-order valence-corrected chi connectivity index (χ3v) is 2.75. The smallest absolute Gasteiger partial charge is 0.349 e. The van der Waals surface area contributed by atoms with Gasteiger partial charge in [0.25, 0.3) is 0 Å². The van der Waals surface area contributed by atoms with Crippen LogP contribution in [0, 0.1) is 17.1 Å². The summed E-state index contributed by atoms with van der Waals surface area (Å²) in [5, 5.41) is 8.72. The number of esters is 1. The summed E-state index contributed by atoms with van der Waals surface area (Å²) in [6.45, 7) is -0.370. The zero-order chi connectivity index (χ0) is 15.2. The number of nitrogens with zero attached hydrogens (tertiary/aromatic N) is 1. The second kappa shape index (κ2) is 6.73. The summed E-state index contributed by atoms with van der Waals surface area (Å²) in [7, 11) is 0. The first-order valence-electron chi connectivity index (χ1n) is 5.87. The number of hydrogen-bond donors (Lipinski definition) is 0. The number of ether oxygens (including phenoxy) is 2. The quantitative estimate of drug-likeness (QED) is 0.642. The number of rotatable bonds is 4. The van der Waals surface area contributed by atoms with Gasteiger partial charge >= 0.3 is 5.97 Å². The Kier molecular flexibility index (Phi) is 4.75. The Bertz CT molecular complexity index is 695. The van der Waals surface area contributed by atoms with E-state index in [-0.39, 0.29) is 17.4 Å². The minimum absolute atomic E-state index is 0.0705. The van der Waals surface area contributed by atoms with Gasteiger partial charge in [-0.1, -0.05) is 11.6 Å². The summed E-state index contributed by atoms with van der Waals surface area (Å²) < 4.78 is 23.0. The van der Waals surface area contributed by atoms with Gasteiger partial charge in [-0.05, 0) is 42.5 Å². The maximum absolute atomic E-state index is 12.8. The molecule has 21 heavy (non-hydrogen) atoms. The Morgan fingerprint density at radius 2 is 1.95 bits per heavy atom. The van der Waals surface area contributed by atoms with Crippen molar-refractivity contribution in [2.24, 2.45) is 0 Å². The molecule has 0 aliphatic heterocycles. The number of carbonyl (C=O) groups excluding carboxylic acids is 1. The number of hydrogen-bond acceptors (Lipinski definition) is 4. The van der Waals surface area contributed by atoms with Crippen molar-refractivity contribution in [1.29, 1.82) is 5.26 Å². The highest BCUT2D eigenvalue weighted by Gasteiger charge is 2.09. The highest BCUT2D eigenvalue weighted by Crippen LogP contribution is 2.24. The van der Waals surface area contributed by atoms with E-state index in [1.807, 2.05) is 6.07 Å². The Hall–Kier alpha value is -2.58. The average Bonchev–Trinajstić information content (AvgIpc) is 2.47. The summed E-state index contributed by atoms with van der Waals surface area (Å²) in [6.07, 6.45) is 0. The molecule has 0 fully saturated rings. The molecule has 0 aliphatic carbocycles. The molecular formula is C15H9ClFNO3. The van der Waals surface area contributed by atoms with Crippen molar-refractivity contribution < 1.29 is 18.7 Å². The Labute approximate surface area is 125 Å². The first-order valence-corrected chi connectivity index (χ1v) is 6.25. The molecule has 0 aliphatic rings. The number of carbonyl (C=O) groups is 1. The third-order valence-electron chi connectivity index (χ3n) is 2.45. The molecule has 2 aromatic carbocycles. The van der Waals surface area contributed by atoms with Gasteiger partial charge in [0.2, 0.25) is 0 Å². The van der Waals surface area contributed by atoms with Gasteiger partial charge in [-0.2, -0.15) is 5.26 Å². The van der Waals surface area contributed by atoms with E-state index in [2.05, 4.69) is 0 Å². The van der Waals surface area contributed by atoms with Crippen LogP contribution in [0.2, 0.25) is 5.02 Å². The fourth-order valence-corrected chi connectivity index (χ4v) is 1.71.